The molecular formula is C15H14BrN5O. The Balaban J connectivity index is 2.07. The zero-order valence-electron chi connectivity index (χ0n) is 11.7. The molecule has 112 valence electrons. The second-order valence-electron chi connectivity index (χ2n) is 5.19. The summed E-state index contributed by atoms with van der Waals surface area (Å²) in [6.07, 6.45) is 1.90. The fourth-order valence-electron chi connectivity index (χ4n) is 2.60. The van der Waals surface area contributed by atoms with Gasteiger partial charge in [0.15, 0.2) is 5.82 Å². The summed E-state index contributed by atoms with van der Waals surface area (Å²) in [4.78, 5) is 13.9. The third kappa shape index (κ3) is 2.51. The van der Waals surface area contributed by atoms with Crippen molar-refractivity contribution >= 4 is 27.7 Å². The van der Waals surface area contributed by atoms with Gasteiger partial charge in [0.05, 0.1) is 11.9 Å². The van der Waals surface area contributed by atoms with Crippen LogP contribution >= 0.6 is 15.9 Å². The summed E-state index contributed by atoms with van der Waals surface area (Å²) >= 11 is 3.39. The van der Waals surface area contributed by atoms with Crippen LogP contribution < -0.4 is 10.6 Å². The zero-order valence-corrected chi connectivity index (χ0v) is 13.3. The summed E-state index contributed by atoms with van der Waals surface area (Å²) in [7, 11) is 0. The summed E-state index contributed by atoms with van der Waals surface area (Å²) < 4.78 is 2.58. The van der Waals surface area contributed by atoms with Gasteiger partial charge in [-0.2, -0.15) is 10.4 Å². The molecule has 1 aromatic carbocycles. The topological polar surface area (TPSA) is 87.9 Å². The number of aromatic nitrogens is 2. The van der Waals surface area contributed by atoms with E-state index in [1.165, 1.54) is 6.20 Å². The average Bonchev–Trinajstić information content (AvgIpc) is 3.10. The molecule has 2 N–H and O–H groups in total. The van der Waals surface area contributed by atoms with Gasteiger partial charge in [0.1, 0.15) is 11.6 Å². The third-order valence-electron chi connectivity index (χ3n) is 3.73. The molecule has 6 nitrogen and oxygen atoms in total. The summed E-state index contributed by atoms with van der Waals surface area (Å²) in [6, 6.07) is 9.65. The van der Waals surface area contributed by atoms with Gasteiger partial charge in [-0.1, -0.05) is 15.9 Å². The van der Waals surface area contributed by atoms with Crippen LogP contribution in [-0.2, 0) is 4.79 Å². The molecule has 1 saturated heterocycles. The summed E-state index contributed by atoms with van der Waals surface area (Å²) in [5.41, 5.74) is 6.85. The molecular weight excluding hydrogens is 346 g/mol. The van der Waals surface area contributed by atoms with Crippen LogP contribution in [0.4, 0.5) is 5.82 Å². The summed E-state index contributed by atoms with van der Waals surface area (Å²) in [5.74, 6) is 0.615. The van der Waals surface area contributed by atoms with Gasteiger partial charge in [-0.3, -0.25) is 9.69 Å². The summed E-state index contributed by atoms with van der Waals surface area (Å²) in [6.45, 7) is 0.975. The Kier molecular flexibility index (Phi) is 3.96. The largest absolute Gasteiger partial charge is 0.330 e. The van der Waals surface area contributed by atoms with Crippen molar-refractivity contribution in [1.82, 2.24) is 9.78 Å². The van der Waals surface area contributed by atoms with Crippen molar-refractivity contribution in [2.75, 3.05) is 18.0 Å². The van der Waals surface area contributed by atoms with Crippen LogP contribution in [0, 0.1) is 17.2 Å². The highest BCUT2D eigenvalue weighted by molar-refractivity contribution is 9.10. The molecule has 22 heavy (non-hydrogen) atoms. The van der Waals surface area contributed by atoms with E-state index in [4.69, 9.17) is 5.73 Å². The lowest BCUT2D eigenvalue weighted by Crippen LogP contribution is -2.28. The second kappa shape index (κ2) is 5.91. The highest BCUT2D eigenvalue weighted by Crippen LogP contribution is 2.30. The van der Waals surface area contributed by atoms with E-state index in [0.29, 0.717) is 30.9 Å². The van der Waals surface area contributed by atoms with Crippen LogP contribution in [0.25, 0.3) is 5.69 Å². The van der Waals surface area contributed by atoms with Gasteiger partial charge in [-0.15, -0.1) is 0 Å². The van der Waals surface area contributed by atoms with Crippen LogP contribution in [-0.4, -0.2) is 28.8 Å². The van der Waals surface area contributed by atoms with Crippen LogP contribution in [0.3, 0.4) is 0 Å². The lowest BCUT2D eigenvalue weighted by atomic mass is 10.1. The predicted octanol–water partition coefficient (Wildman–Crippen LogP) is 1.82. The van der Waals surface area contributed by atoms with Crippen molar-refractivity contribution in [3.63, 3.8) is 0 Å². The molecule has 0 bridgehead atoms. The fourth-order valence-corrected chi connectivity index (χ4v) is 2.86. The van der Waals surface area contributed by atoms with Crippen molar-refractivity contribution in [1.29, 1.82) is 5.26 Å². The van der Waals surface area contributed by atoms with E-state index in [1.807, 2.05) is 24.3 Å². The van der Waals surface area contributed by atoms with Gasteiger partial charge in [-0.05, 0) is 36.7 Å². The van der Waals surface area contributed by atoms with E-state index in [9.17, 15) is 10.1 Å². The lowest BCUT2D eigenvalue weighted by Gasteiger charge is -2.18. The van der Waals surface area contributed by atoms with E-state index >= 15 is 0 Å². The van der Waals surface area contributed by atoms with Gasteiger partial charge in [-0.25, -0.2) is 4.68 Å². The smallest absolute Gasteiger partial charge is 0.228 e. The Morgan fingerprint density at radius 1 is 1.41 bits per heavy atom. The first-order chi connectivity index (χ1) is 10.6. The van der Waals surface area contributed by atoms with Crippen molar-refractivity contribution in [3.8, 4) is 11.8 Å². The van der Waals surface area contributed by atoms with Crippen LogP contribution in [0.1, 0.15) is 12.0 Å². The number of nitriles is 1. The number of amides is 1. The van der Waals surface area contributed by atoms with Crippen molar-refractivity contribution in [2.45, 2.75) is 6.42 Å². The van der Waals surface area contributed by atoms with Gasteiger partial charge < -0.3 is 5.73 Å². The van der Waals surface area contributed by atoms with Crippen molar-refractivity contribution < 1.29 is 4.79 Å². The molecule has 1 fully saturated rings. The molecule has 1 atom stereocenters. The maximum atomic E-state index is 12.3. The first-order valence-corrected chi connectivity index (χ1v) is 7.68. The fraction of sp³-hybridized carbons (Fsp3) is 0.267. The Bertz CT molecular complexity index is 746. The second-order valence-corrected chi connectivity index (χ2v) is 6.11. The number of hydrogen-bond acceptors (Lipinski definition) is 4. The molecule has 1 aromatic heterocycles. The van der Waals surface area contributed by atoms with Gasteiger partial charge >= 0.3 is 0 Å². The number of hydrogen-bond donors (Lipinski definition) is 1. The number of carbonyl (C=O) groups is 1. The molecule has 3 rings (SSSR count). The van der Waals surface area contributed by atoms with E-state index in [1.54, 1.807) is 9.58 Å². The number of nitrogens with zero attached hydrogens (tertiary/aromatic N) is 4. The normalized spacial score (nSPS) is 17.8. The van der Waals surface area contributed by atoms with Crippen molar-refractivity contribution in [3.05, 3.63) is 40.5 Å². The highest BCUT2D eigenvalue weighted by atomic mass is 79.9. The quantitative estimate of drug-likeness (QED) is 0.904. The Morgan fingerprint density at radius 2 is 2.14 bits per heavy atom. The number of carbonyl (C=O) groups excluding carboxylic acids is 1. The van der Waals surface area contributed by atoms with Gasteiger partial charge in [0.25, 0.3) is 0 Å². The van der Waals surface area contributed by atoms with E-state index in [2.05, 4.69) is 27.1 Å². The lowest BCUT2D eigenvalue weighted by molar-refractivity contribution is -0.117. The molecule has 1 amide bonds. The molecule has 0 radical (unpaired) electrons. The molecule has 1 aliphatic heterocycles. The first-order valence-electron chi connectivity index (χ1n) is 6.88. The minimum absolute atomic E-state index is 0.0224. The van der Waals surface area contributed by atoms with Gasteiger partial charge in [0.2, 0.25) is 5.91 Å². The van der Waals surface area contributed by atoms with Crippen molar-refractivity contribution in [2.24, 2.45) is 11.7 Å². The Labute approximate surface area is 136 Å². The SMILES string of the molecule is N#Cc1cnn(-c2ccc(Br)cc2)c1N1CC(CN)CC1=O. The van der Waals surface area contributed by atoms with Crippen LogP contribution in [0.2, 0.25) is 0 Å². The molecule has 0 saturated carbocycles. The molecule has 1 aliphatic rings. The highest BCUT2D eigenvalue weighted by Gasteiger charge is 2.33. The Hall–Kier alpha value is -2.17. The summed E-state index contributed by atoms with van der Waals surface area (Å²) in [5, 5.41) is 13.6. The van der Waals surface area contributed by atoms with E-state index in [-0.39, 0.29) is 11.8 Å². The molecule has 0 aliphatic carbocycles. The van der Waals surface area contributed by atoms with Crippen LogP contribution in [0.5, 0.6) is 0 Å². The standard InChI is InChI=1S/C15H14BrN5O/c16-12-1-3-13(4-2-12)21-15(11(7-18)8-19-21)20-9-10(6-17)5-14(20)22/h1-4,8,10H,5-6,9,17H2. The maximum absolute atomic E-state index is 12.3. The number of benzene rings is 1. The number of anilines is 1. The number of rotatable bonds is 3. The average molecular weight is 360 g/mol. The molecule has 2 heterocycles. The minimum Gasteiger partial charge on any atom is -0.330 e. The number of nitrogens with two attached hydrogens (primary N) is 1. The minimum atomic E-state index is -0.0224. The monoisotopic (exact) mass is 359 g/mol. The number of halogens is 1. The third-order valence-corrected chi connectivity index (χ3v) is 4.26. The zero-order chi connectivity index (χ0) is 15.7. The van der Waals surface area contributed by atoms with Gasteiger partial charge in [0, 0.05) is 17.4 Å². The van der Waals surface area contributed by atoms with E-state index in [0.717, 1.165) is 10.2 Å². The first kappa shape index (κ1) is 14.8. The maximum Gasteiger partial charge on any atom is 0.228 e. The van der Waals surface area contributed by atoms with Crippen LogP contribution in [0.15, 0.2) is 34.9 Å². The predicted molar refractivity (Wildman–Crippen MR) is 85.5 cm³/mol. The molecule has 1 unspecified atom stereocenters. The molecule has 7 heteroatoms. The molecule has 2 aromatic rings. The Morgan fingerprint density at radius 3 is 2.73 bits per heavy atom. The molecule has 0 spiro atoms. The van der Waals surface area contributed by atoms with E-state index < -0.39 is 0 Å².